The predicted molar refractivity (Wildman–Crippen MR) is 94.6 cm³/mol. The van der Waals surface area contributed by atoms with E-state index in [1.54, 1.807) is 17.3 Å². The van der Waals surface area contributed by atoms with E-state index in [1.165, 1.54) is 0 Å². The summed E-state index contributed by atoms with van der Waals surface area (Å²) >= 11 is 0. The van der Waals surface area contributed by atoms with Gasteiger partial charge in [0.15, 0.2) is 0 Å². The summed E-state index contributed by atoms with van der Waals surface area (Å²) in [5.41, 5.74) is -0.196. The van der Waals surface area contributed by atoms with Gasteiger partial charge in [-0.3, -0.25) is 9.78 Å². The van der Waals surface area contributed by atoms with Crippen LogP contribution in [0.3, 0.4) is 0 Å². The fourth-order valence-corrected chi connectivity index (χ4v) is 4.70. The van der Waals surface area contributed by atoms with Gasteiger partial charge in [-0.05, 0) is 43.7 Å². The molecule has 0 N–H and O–H groups in total. The van der Waals surface area contributed by atoms with Crippen LogP contribution in [0.1, 0.15) is 38.5 Å². The summed E-state index contributed by atoms with van der Waals surface area (Å²) in [5.74, 6) is -2.08. The number of nitrogens with zero attached hydrogens (tertiary/aromatic N) is 2. The Morgan fingerprint density at radius 3 is 2.78 bits per heavy atom. The third-order valence-corrected chi connectivity index (χ3v) is 6.33. The van der Waals surface area contributed by atoms with Crippen LogP contribution in [-0.4, -0.2) is 53.6 Å². The Balaban J connectivity index is 1.27. The van der Waals surface area contributed by atoms with E-state index in [4.69, 9.17) is 9.47 Å². The van der Waals surface area contributed by atoms with Crippen LogP contribution in [0.15, 0.2) is 24.5 Å². The molecular weight excluding hydrogens is 354 g/mol. The molecule has 1 aromatic rings. The number of hydrogen-bond acceptors (Lipinski definition) is 4. The monoisotopic (exact) mass is 380 g/mol. The molecule has 148 valence electrons. The van der Waals surface area contributed by atoms with Gasteiger partial charge in [0.1, 0.15) is 5.75 Å². The Kier molecular flexibility index (Phi) is 5.05. The maximum Gasteiger partial charge on any atom is 0.249 e. The van der Waals surface area contributed by atoms with E-state index < -0.39 is 11.8 Å². The average Bonchev–Trinajstić information content (AvgIpc) is 3.03. The highest BCUT2D eigenvalue weighted by molar-refractivity contribution is 5.80. The van der Waals surface area contributed by atoms with Crippen LogP contribution in [0, 0.1) is 11.8 Å². The van der Waals surface area contributed by atoms with Crippen LogP contribution < -0.4 is 4.74 Å². The van der Waals surface area contributed by atoms with Crippen molar-refractivity contribution in [2.24, 2.45) is 11.8 Å². The number of piperidine rings is 1. The van der Waals surface area contributed by atoms with Gasteiger partial charge in [-0.2, -0.15) is 0 Å². The summed E-state index contributed by atoms with van der Waals surface area (Å²) < 4.78 is 38.0. The molecule has 1 aliphatic carbocycles. The van der Waals surface area contributed by atoms with Crippen molar-refractivity contribution in [2.45, 2.75) is 50.0 Å². The van der Waals surface area contributed by atoms with Gasteiger partial charge in [-0.1, -0.05) is 0 Å². The summed E-state index contributed by atoms with van der Waals surface area (Å²) in [6, 6.07) is 3.74. The SMILES string of the molecule is O=C(C1CC(F)(F)C1)N1CCC2(CC1)OCC[C@H]2CCOc1cccnc1. The second-order valence-corrected chi connectivity index (χ2v) is 8.01. The molecule has 1 atom stereocenters. The molecule has 5 nitrogen and oxygen atoms in total. The fourth-order valence-electron chi connectivity index (χ4n) is 4.70. The summed E-state index contributed by atoms with van der Waals surface area (Å²) in [5, 5.41) is 0. The van der Waals surface area contributed by atoms with Crippen molar-refractivity contribution in [1.82, 2.24) is 9.88 Å². The minimum absolute atomic E-state index is 0.106. The minimum atomic E-state index is -2.65. The number of likely N-dealkylation sites (tertiary alicyclic amines) is 1. The van der Waals surface area contributed by atoms with Gasteiger partial charge in [0.25, 0.3) is 0 Å². The number of carbonyl (C=O) groups is 1. The van der Waals surface area contributed by atoms with Crippen molar-refractivity contribution in [1.29, 1.82) is 0 Å². The molecule has 1 spiro atoms. The number of amides is 1. The van der Waals surface area contributed by atoms with E-state index >= 15 is 0 Å². The Morgan fingerprint density at radius 2 is 2.11 bits per heavy atom. The van der Waals surface area contributed by atoms with Crippen molar-refractivity contribution in [3.63, 3.8) is 0 Å². The van der Waals surface area contributed by atoms with E-state index in [1.807, 2.05) is 12.1 Å². The molecule has 27 heavy (non-hydrogen) atoms. The molecule has 3 aliphatic rings. The summed E-state index contributed by atoms with van der Waals surface area (Å²) in [6.45, 7) is 2.54. The molecule has 4 rings (SSSR count). The van der Waals surface area contributed by atoms with Crippen LogP contribution in [0.4, 0.5) is 8.78 Å². The molecule has 0 bridgehead atoms. The molecular formula is C20H26F2N2O3. The molecule has 7 heteroatoms. The van der Waals surface area contributed by atoms with Crippen LogP contribution in [-0.2, 0) is 9.53 Å². The van der Waals surface area contributed by atoms with Gasteiger partial charge in [0.05, 0.1) is 18.4 Å². The number of hydrogen-bond donors (Lipinski definition) is 0. The number of aromatic nitrogens is 1. The Labute approximate surface area is 158 Å². The largest absolute Gasteiger partial charge is 0.492 e. The number of ether oxygens (including phenoxy) is 2. The summed E-state index contributed by atoms with van der Waals surface area (Å²) in [7, 11) is 0. The second kappa shape index (κ2) is 7.34. The zero-order valence-electron chi connectivity index (χ0n) is 15.4. The number of alkyl halides is 2. The number of pyridine rings is 1. The smallest absolute Gasteiger partial charge is 0.249 e. The highest BCUT2D eigenvalue weighted by Gasteiger charge is 2.52. The predicted octanol–water partition coefficient (Wildman–Crippen LogP) is 3.29. The van der Waals surface area contributed by atoms with Gasteiger partial charge >= 0.3 is 0 Å². The molecule has 2 saturated heterocycles. The average molecular weight is 380 g/mol. The third-order valence-electron chi connectivity index (χ3n) is 6.33. The first-order chi connectivity index (χ1) is 13.0. The van der Waals surface area contributed by atoms with E-state index in [2.05, 4.69) is 4.98 Å². The first-order valence-electron chi connectivity index (χ1n) is 9.81. The van der Waals surface area contributed by atoms with Crippen molar-refractivity contribution in [3.05, 3.63) is 24.5 Å². The van der Waals surface area contributed by atoms with Crippen molar-refractivity contribution >= 4 is 5.91 Å². The minimum Gasteiger partial charge on any atom is -0.492 e. The number of rotatable bonds is 5. The molecule has 3 fully saturated rings. The van der Waals surface area contributed by atoms with E-state index in [0.717, 1.165) is 38.0 Å². The lowest BCUT2D eigenvalue weighted by Crippen LogP contribution is -2.53. The maximum absolute atomic E-state index is 13.0. The molecule has 0 radical (unpaired) electrons. The summed E-state index contributed by atoms with van der Waals surface area (Å²) in [4.78, 5) is 18.2. The first-order valence-corrected chi connectivity index (χ1v) is 9.81. The van der Waals surface area contributed by atoms with Crippen LogP contribution >= 0.6 is 0 Å². The zero-order chi connectivity index (χ0) is 18.9. The summed E-state index contributed by atoms with van der Waals surface area (Å²) in [6.07, 6.45) is 6.29. The van der Waals surface area contributed by atoms with Gasteiger partial charge in [0.2, 0.25) is 11.8 Å². The van der Waals surface area contributed by atoms with Crippen molar-refractivity contribution in [3.8, 4) is 5.75 Å². The Bertz CT molecular complexity index is 654. The van der Waals surface area contributed by atoms with Gasteiger partial charge < -0.3 is 14.4 Å². The third kappa shape index (κ3) is 3.93. The highest BCUT2D eigenvalue weighted by atomic mass is 19.3. The van der Waals surface area contributed by atoms with Gasteiger partial charge in [0, 0.05) is 44.7 Å². The fraction of sp³-hybridized carbons (Fsp3) is 0.700. The lowest BCUT2D eigenvalue weighted by molar-refractivity contribution is -0.164. The van der Waals surface area contributed by atoms with Crippen molar-refractivity contribution in [2.75, 3.05) is 26.3 Å². The lowest BCUT2D eigenvalue weighted by Gasteiger charge is -2.44. The zero-order valence-corrected chi connectivity index (χ0v) is 15.4. The Morgan fingerprint density at radius 1 is 1.33 bits per heavy atom. The normalized spacial score (nSPS) is 26.7. The topological polar surface area (TPSA) is 51.7 Å². The molecule has 3 heterocycles. The second-order valence-electron chi connectivity index (χ2n) is 8.01. The molecule has 1 saturated carbocycles. The van der Waals surface area contributed by atoms with Crippen LogP contribution in [0.5, 0.6) is 5.75 Å². The molecule has 0 aromatic carbocycles. The quantitative estimate of drug-likeness (QED) is 0.787. The van der Waals surface area contributed by atoms with E-state index in [0.29, 0.717) is 25.6 Å². The van der Waals surface area contributed by atoms with Gasteiger partial charge in [-0.15, -0.1) is 0 Å². The van der Waals surface area contributed by atoms with E-state index in [9.17, 15) is 13.6 Å². The molecule has 0 unspecified atom stereocenters. The lowest BCUT2D eigenvalue weighted by atomic mass is 9.76. The standard InChI is InChI=1S/C20H26F2N2O3/c21-20(22)12-15(13-20)18(25)24-8-5-19(6-9-24)16(4-11-27-19)3-10-26-17-2-1-7-23-14-17/h1-2,7,14-16H,3-6,8-13H2/t16-/m1/s1. The van der Waals surface area contributed by atoms with Crippen molar-refractivity contribution < 1.29 is 23.0 Å². The highest BCUT2D eigenvalue weighted by Crippen LogP contribution is 2.45. The van der Waals surface area contributed by atoms with Crippen LogP contribution in [0.2, 0.25) is 0 Å². The molecule has 1 amide bonds. The maximum atomic E-state index is 13.0. The molecule has 1 aromatic heterocycles. The van der Waals surface area contributed by atoms with Crippen LogP contribution in [0.25, 0.3) is 0 Å². The van der Waals surface area contributed by atoms with Gasteiger partial charge in [-0.25, -0.2) is 8.78 Å². The Hall–Kier alpha value is -1.76. The van der Waals surface area contributed by atoms with E-state index in [-0.39, 0.29) is 24.3 Å². The first kappa shape index (κ1) is 18.6. The number of halogens is 2. The number of carbonyl (C=O) groups excluding carboxylic acids is 1. The molecule has 2 aliphatic heterocycles.